The number of piperidine rings is 1. The molecule has 2 fully saturated rings. The second-order valence-corrected chi connectivity index (χ2v) is 9.64. The van der Waals surface area contributed by atoms with Gasteiger partial charge in [-0.05, 0) is 43.0 Å². The highest BCUT2D eigenvalue weighted by Crippen LogP contribution is 2.45. The fourth-order valence-corrected chi connectivity index (χ4v) is 6.21. The smallest absolute Gasteiger partial charge is 0.255 e. The molecule has 6 heteroatoms. The lowest BCUT2D eigenvalue weighted by Gasteiger charge is -2.44. The van der Waals surface area contributed by atoms with Crippen LogP contribution in [0.1, 0.15) is 48.0 Å². The first-order valence-corrected chi connectivity index (χ1v) is 12.0. The summed E-state index contributed by atoms with van der Waals surface area (Å²) in [7, 11) is 1.61. The summed E-state index contributed by atoms with van der Waals surface area (Å²) < 4.78 is 5.29. The van der Waals surface area contributed by atoms with Crippen LogP contribution in [0.2, 0.25) is 0 Å². The minimum Gasteiger partial charge on any atom is -0.497 e. The van der Waals surface area contributed by atoms with E-state index in [1.807, 2.05) is 76.2 Å². The zero-order chi connectivity index (χ0) is 21.8. The molecule has 2 saturated heterocycles. The van der Waals surface area contributed by atoms with Gasteiger partial charge in [0.15, 0.2) is 0 Å². The molecule has 4 rings (SSSR count). The molecule has 1 spiro atoms. The highest BCUT2D eigenvalue weighted by Gasteiger charge is 2.47. The lowest BCUT2D eigenvalue weighted by atomic mass is 9.93. The lowest BCUT2D eigenvalue weighted by molar-refractivity contribution is -0.134. The number of thioether (sulfide) groups is 1. The van der Waals surface area contributed by atoms with Gasteiger partial charge in [0.2, 0.25) is 5.91 Å². The summed E-state index contributed by atoms with van der Waals surface area (Å²) in [6.07, 6.45) is 2.41. The molecule has 31 heavy (non-hydrogen) atoms. The molecule has 164 valence electrons. The van der Waals surface area contributed by atoms with Crippen LogP contribution in [0.25, 0.3) is 0 Å². The first kappa shape index (κ1) is 21.8. The second-order valence-electron chi connectivity index (χ2n) is 8.18. The van der Waals surface area contributed by atoms with Gasteiger partial charge < -0.3 is 14.5 Å². The summed E-state index contributed by atoms with van der Waals surface area (Å²) in [6, 6.07) is 17.4. The van der Waals surface area contributed by atoms with Crippen LogP contribution in [0.15, 0.2) is 54.6 Å². The lowest BCUT2D eigenvalue weighted by Crippen LogP contribution is -2.54. The van der Waals surface area contributed by atoms with E-state index in [2.05, 4.69) is 6.92 Å². The van der Waals surface area contributed by atoms with Gasteiger partial charge in [-0.2, -0.15) is 0 Å². The van der Waals surface area contributed by atoms with Crippen molar-refractivity contribution in [2.24, 2.45) is 0 Å². The molecule has 1 atom stereocenters. The van der Waals surface area contributed by atoms with E-state index in [1.54, 1.807) is 7.11 Å². The van der Waals surface area contributed by atoms with Crippen molar-refractivity contribution in [2.45, 2.75) is 37.0 Å². The Balaban J connectivity index is 1.46. The largest absolute Gasteiger partial charge is 0.497 e. The van der Waals surface area contributed by atoms with Crippen LogP contribution < -0.4 is 4.74 Å². The van der Waals surface area contributed by atoms with Crippen molar-refractivity contribution in [3.63, 3.8) is 0 Å². The molecule has 1 unspecified atom stereocenters. The van der Waals surface area contributed by atoms with Gasteiger partial charge in [-0.25, -0.2) is 0 Å². The van der Waals surface area contributed by atoms with Crippen LogP contribution in [0.4, 0.5) is 0 Å². The number of hydrogen-bond donors (Lipinski definition) is 0. The average molecular weight is 439 g/mol. The van der Waals surface area contributed by atoms with Crippen LogP contribution >= 0.6 is 11.8 Å². The first-order chi connectivity index (χ1) is 15.1. The van der Waals surface area contributed by atoms with Gasteiger partial charge in [0.05, 0.1) is 17.9 Å². The van der Waals surface area contributed by atoms with Crippen molar-refractivity contribution < 1.29 is 14.3 Å². The predicted molar refractivity (Wildman–Crippen MR) is 125 cm³/mol. The SMILES string of the molecule is CCC(C(=O)N1CCC2(CC1)SCCN2C(=O)c1cccc(OC)c1)c1ccccc1. The van der Waals surface area contributed by atoms with E-state index in [9.17, 15) is 9.59 Å². The third-order valence-corrected chi connectivity index (χ3v) is 8.06. The summed E-state index contributed by atoms with van der Waals surface area (Å²) in [5.74, 6) is 1.79. The summed E-state index contributed by atoms with van der Waals surface area (Å²) in [4.78, 5) is 30.4. The standard InChI is InChI=1S/C25H30N2O3S/c1-3-22(19-8-5-4-6-9-19)24(29)26-14-12-25(13-15-26)27(16-17-31-25)23(28)20-10-7-11-21(18-20)30-2/h4-11,18,22H,3,12-17H2,1-2H3. The molecule has 5 nitrogen and oxygen atoms in total. The normalized spacial score (nSPS) is 18.8. The molecule has 0 N–H and O–H groups in total. The third kappa shape index (κ3) is 4.31. The molecule has 2 amide bonds. The van der Waals surface area contributed by atoms with Crippen molar-refractivity contribution in [1.29, 1.82) is 0 Å². The predicted octanol–water partition coefficient (Wildman–Crippen LogP) is 4.40. The number of amides is 2. The van der Waals surface area contributed by atoms with E-state index < -0.39 is 0 Å². The average Bonchev–Trinajstić information content (AvgIpc) is 3.23. The number of likely N-dealkylation sites (tertiary alicyclic amines) is 1. The molecule has 2 aromatic carbocycles. The third-order valence-electron chi connectivity index (χ3n) is 6.50. The van der Waals surface area contributed by atoms with Crippen molar-refractivity contribution in [3.8, 4) is 5.75 Å². The van der Waals surface area contributed by atoms with E-state index in [-0.39, 0.29) is 22.6 Å². The van der Waals surface area contributed by atoms with Crippen LogP contribution in [-0.4, -0.2) is 59.0 Å². The van der Waals surface area contributed by atoms with Crippen LogP contribution in [-0.2, 0) is 4.79 Å². The fraction of sp³-hybridized carbons (Fsp3) is 0.440. The Morgan fingerprint density at radius 3 is 2.48 bits per heavy atom. The summed E-state index contributed by atoms with van der Waals surface area (Å²) in [6.45, 7) is 4.20. The van der Waals surface area contributed by atoms with Gasteiger partial charge in [0.25, 0.3) is 5.91 Å². The minimum absolute atomic E-state index is 0.0550. The molecule has 0 aliphatic carbocycles. The van der Waals surface area contributed by atoms with Crippen molar-refractivity contribution >= 4 is 23.6 Å². The molecule has 2 aromatic rings. The molecule has 2 aliphatic rings. The number of carbonyl (C=O) groups is 2. The highest BCUT2D eigenvalue weighted by atomic mass is 32.2. The number of rotatable bonds is 5. The van der Waals surface area contributed by atoms with Crippen molar-refractivity contribution in [3.05, 3.63) is 65.7 Å². The van der Waals surface area contributed by atoms with Gasteiger partial charge in [0.1, 0.15) is 5.75 Å². The summed E-state index contributed by atoms with van der Waals surface area (Å²) in [5, 5.41) is 0. The number of nitrogens with zero attached hydrogens (tertiary/aromatic N) is 2. The number of hydrogen-bond acceptors (Lipinski definition) is 4. The Labute approximate surface area is 188 Å². The quantitative estimate of drug-likeness (QED) is 0.694. The maximum Gasteiger partial charge on any atom is 0.255 e. The second kappa shape index (κ2) is 9.35. The van der Waals surface area contributed by atoms with Crippen LogP contribution in [0.3, 0.4) is 0 Å². The monoisotopic (exact) mass is 438 g/mol. The molecule has 2 heterocycles. The van der Waals surface area contributed by atoms with E-state index in [4.69, 9.17) is 4.74 Å². The first-order valence-electron chi connectivity index (χ1n) is 11.0. The highest BCUT2D eigenvalue weighted by molar-refractivity contribution is 8.00. The number of methoxy groups -OCH3 is 1. The zero-order valence-corrected chi connectivity index (χ0v) is 19.1. The van der Waals surface area contributed by atoms with E-state index in [0.717, 1.165) is 37.1 Å². The van der Waals surface area contributed by atoms with Gasteiger partial charge in [-0.3, -0.25) is 9.59 Å². The van der Waals surface area contributed by atoms with Gasteiger partial charge in [-0.15, -0.1) is 11.8 Å². The molecular weight excluding hydrogens is 408 g/mol. The van der Waals surface area contributed by atoms with E-state index in [0.29, 0.717) is 24.4 Å². The van der Waals surface area contributed by atoms with Crippen molar-refractivity contribution in [1.82, 2.24) is 9.80 Å². The molecule has 0 radical (unpaired) electrons. The maximum absolute atomic E-state index is 13.3. The Morgan fingerprint density at radius 2 is 1.81 bits per heavy atom. The van der Waals surface area contributed by atoms with Crippen molar-refractivity contribution in [2.75, 3.05) is 32.5 Å². The number of benzene rings is 2. The Bertz CT molecular complexity index is 925. The van der Waals surface area contributed by atoms with E-state index in [1.165, 1.54) is 0 Å². The zero-order valence-electron chi connectivity index (χ0n) is 18.3. The Hall–Kier alpha value is -2.47. The molecule has 0 aromatic heterocycles. The molecular formula is C25H30N2O3S. The Morgan fingerprint density at radius 1 is 1.06 bits per heavy atom. The summed E-state index contributed by atoms with van der Waals surface area (Å²) >= 11 is 1.87. The number of carbonyl (C=O) groups excluding carboxylic acids is 2. The Kier molecular flexibility index (Phi) is 6.56. The van der Waals surface area contributed by atoms with Gasteiger partial charge >= 0.3 is 0 Å². The van der Waals surface area contributed by atoms with Gasteiger partial charge in [0, 0.05) is 31.0 Å². The van der Waals surface area contributed by atoms with Gasteiger partial charge in [-0.1, -0.05) is 43.3 Å². The molecule has 0 saturated carbocycles. The minimum atomic E-state index is -0.217. The van der Waals surface area contributed by atoms with Crippen LogP contribution in [0.5, 0.6) is 5.75 Å². The van der Waals surface area contributed by atoms with E-state index >= 15 is 0 Å². The van der Waals surface area contributed by atoms with Crippen LogP contribution in [0, 0.1) is 0 Å². The summed E-state index contributed by atoms with van der Waals surface area (Å²) in [5.41, 5.74) is 1.75. The topological polar surface area (TPSA) is 49.9 Å². The molecule has 2 aliphatic heterocycles. The maximum atomic E-state index is 13.3. The fourth-order valence-electron chi connectivity index (χ4n) is 4.76. The number of ether oxygens (including phenoxy) is 1. The molecule has 0 bridgehead atoms.